The second-order valence-corrected chi connectivity index (χ2v) is 3.28. The molecule has 13 heavy (non-hydrogen) atoms. The highest BCUT2D eigenvalue weighted by Gasteiger charge is 2.17. The molecule has 0 bridgehead atoms. The molecular weight excluding hydrogens is 162 g/mol. The minimum Gasteiger partial charge on any atom is -0.370 e. The number of guanidine groups is 1. The zero-order valence-corrected chi connectivity index (χ0v) is 7.62. The number of hydrogen-bond donors (Lipinski definition) is 2. The first-order chi connectivity index (χ1) is 6.27. The number of aliphatic imine (C=N–C) groups is 1. The molecule has 1 aromatic carbocycles. The summed E-state index contributed by atoms with van der Waals surface area (Å²) < 4.78 is 0. The largest absolute Gasteiger partial charge is 0.370 e. The summed E-state index contributed by atoms with van der Waals surface area (Å²) in [6, 6.07) is 8.56. The molecule has 0 fully saturated rings. The summed E-state index contributed by atoms with van der Waals surface area (Å²) in [7, 11) is 0. The van der Waals surface area contributed by atoms with Gasteiger partial charge in [-0.1, -0.05) is 24.3 Å². The molecule has 1 unspecified atom stereocenters. The van der Waals surface area contributed by atoms with E-state index in [9.17, 15) is 0 Å². The molecule has 3 N–H and O–H groups in total. The van der Waals surface area contributed by atoms with E-state index in [1.165, 1.54) is 11.1 Å². The average molecular weight is 175 g/mol. The molecule has 68 valence electrons. The van der Waals surface area contributed by atoms with Gasteiger partial charge in [-0.3, -0.25) is 4.99 Å². The van der Waals surface area contributed by atoms with E-state index in [0.29, 0.717) is 5.96 Å². The highest BCUT2D eigenvalue weighted by molar-refractivity contribution is 5.80. The molecule has 2 rings (SSSR count). The van der Waals surface area contributed by atoms with E-state index in [4.69, 9.17) is 5.73 Å². The molecule has 0 saturated carbocycles. The number of rotatable bonds is 1. The number of nitrogens with one attached hydrogen (secondary N) is 1. The van der Waals surface area contributed by atoms with Crippen LogP contribution in [0.2, 0.25) is 0 Å². The van der Waals surface area contributed by atoms with Gasteiger partial charge in [0, 0.05) is 0 Å². The van der Waals surface area contributed by atoms with Crippen molar-refractivity contribution >= 4 is 5.96 Å². The van der Waals surface area contributed by atoms with E-state index < -0.39 is 0 Å². The maximum absolute atomic E-state index is 5.55. The van der Waals surface area contributed by atoms with Crippen molar-refractivity contribution in [3.8, 4) is 0 Å². The third-order valence-corrected chi connectivity index (χ3v) is 2.33. The van der Waals surface area contributed by atoms with Crippen LogP contribution in [-0.2, 0) is 0 Å². The fourth-order valence-electron chi connectivity index (χ4n) is 1.61. The Morgan fingerprint density at radius 3 is 2.85 bits per heavy atom. The summed E-state index contributed by atoms with van der Waals surface area (Å²) in [6.45, 7) is 2.85. The van der Waals surface area contributed by atoms with Gasteiger partial charge < -0.3 is 11.1 Å². The summed E-state index contributed by atoms with van der Waals surface area (Å²) >= 11 is 0. The molecule has 1 aromatic rings. The van der Waals surface area contributed by atoms with Crippen LogP contribution in [0.25, 0.3) is 0 Å². The highest BCUT2D eigenvalue weighted by Crippen LogP contribution is 2.19. The first-order valence-corrected chi connectivity index (χ1v) is 4.39. The zero-order valence-electron chi connectivity index (χ0n) is 7.62. The van der Waals surface area contributed by atoms with Crippen LogP contribution in [0, 0.1) is 6.92 Å². The minimum atomic E-state index is 0.265. The van der Waals surface area contributed by atoms with Gasteiger partial charge >= 0.3 is 0 Å². The van der Waals surface area contributed by atoms with Crippen LogP contribution >= 0.6 is 0 Å². The molecule has 1 atom stereocenters. The lowest BCUT2D eigenvalue weighted by atomic mass is 10.0. The predicted molar refractivity (Wildman–Crippen MR) is 53.5 cm³/mol. The summed E-state index contributed by atoms with van der Waals surface area (Å²) in [4.78, 5) is 4.12. The maximum Gasteiger partial charge on any atom is 0.189 e. The molecule has 0 saturated heterocycles. The number of nitrogens with zero attached hydrogens (tertiary/aromatic N) is 1. The molecule has 3 heteroatoms. The number of hydrogen-bond acceptors (Lipinski definition) is 3. The normalized spacial score (nSPS) is 21.0. The molecule has 3 nitrogen and oxygen atoms in total. The topological polar surface area (TPSA) is 50.4 Å². The number of nitrogens with two attached hydrogens (primary N) is 1. The quantitative estimate of drug-likeness (QED) is 0.667. The van der Waals surface area contributed by atoms with Crippen LogP contribution < -0.4 is 11.1 Å². The van der Waals surface area contributed by atoms with Gasteiger partial charge in [0.25, 0.3) is 0 Å². The van der Waals surface area contributed by atoms with Crippen molar-refractivity contribution in [1.82, 2.24) is 5.32 Å². The third-order valence-electron chi connectivity index (χ3n) is 2.33. The van der Waals surface area contributed by atoms with Crippen LogP contribution in [-0.4, -0.2) is 12.5 Å². The molecule has 0 amide bonds. The van der Waals surface area contributed by atoms with Gasteiger partial charge in [-0.2, -0.15) is 0 Å². The Bertz CT molecular complexity index is 344. The Morgan fingerprint density at radius 1 is 1.46 bits per heavy atom. The van der Waals surface area contributed by atoms with Crippen molar-refractivity contribution in [2.75, 3.05) is 6.54 Å². The summed E-state index contributed by atoms with van der Waals surface area (Å²) in [5.74, 6) is 0.549. The Kier molecular flexibility index (Phi) is 1.93. The highest BCUT2D eigenvalue weighted by atomic mass is 15.2. The fraction of sp³-hybridized carbons (Fsp3) is 0.300. The molecule has 1 aliphatic rings. The van der Waals surface area contributed by atoms with Gasteiger partial charge in [0.2, 0.25) is 0 Å². The van der Waals surface area contributed by atoms with E-state index >= 15 is 0 Å². The van der Waals surface area contributed by atoms with Gasteiger partial charge in [0.1, 0.15) is 0 Å². The monoisotopic (exact) mass is 175 g/mol. The predicted octanol–water partition coefficient (Wildman–Crippen LogP) is 0.954. The van der Waals surface area contributed by atoms with Gasteiger partial charge in [-0.25, -0.2) is 0 Å². The maximum atomic E-state index is 5.55. The van der Waals surface area contributed by atoms with Crippen molar-refractivity contribution < 1.29 is 0 Å². The molecule has 0 radical (unpaired) electrons. The molecule has 1 heterocycles. The van der Waals surface area contributed by atoms with E-state index in [1.54, 1.807) is 0 Å². The minimum absolute atomic E-state index is 0.265. The van der Waals surface area contributed by atoms with Crippen LogP contribution in [0.5, 0.6) is 0 Å². The molecular formula is C10H13N3. The van der Waals surface area contributed by atoms with Crippen molar-refractivity contribution in [1.29, 1.82) is 0 Å². The van der Waals surface area contributed by atoms with E-state index in [-0.39, 0.29) is 6.04 Å². The van der Waals surface area contributed by atoms with Crippen LogP contribution in [0.1, 0.15) is 17.2 Å². The standard InChI is InChI=1S/C10H13N3/c1-7-4-2-3-5-8(7)9-6-12-10(11)13-9/h2-5,9H,6H2,1H3,(H3,11,12,13). The zero-order chi connectivity index (χ0) is 9.26. The Labute approximate surface area is 77.7 Å². The SMILES string of the molecule is Cc1ccccc1C1CN=C(N)N1. The second kappa shape index (κ2) is 3.09. The first kappa shape index (κ1) is 8.10. The van der Waals surface area contributed by atoms with Crippen LogP contribution in [0.3, 0.4) is 0 Å². The van der Waals surface area contributed by atoms with Crippen molar-refractivity contribution in [2.45, 2.75) is 13.0 Å². The Balaban J connectivity index is 2.23. The summed E-state index contributed by atoms with van der Waals surface area (Å²) in [5.41, 5.74) is 8.12. The van der Waals surface area contributed by atoms with Crippen LogP contribution in [0.15, 0.2) is 29.3 Å². The molecule has 0 aromatic heterocycles. The first-order valence-electron chi connectivity index (χ1n) is 4.39. The Morgan fingerprint density at radius 2 is 2.23 bits per heavy atom. The summed E-state index contributed by atoms with van der Waals surface area (Å²) in [5, 5.41) is 3.14. The Hall–Kier alpha value is -1.51. The number of benzene rings is 1. The molecule has 0 aliphatic carbocycles. The average Bonchev–Trinajstić information content (AvgIpc) is 2.53. The van der Waals surface area contributed by atoms with Gasteiger partial charge in [0.15, 0.2) is 5.96 Å². The lowest BCUT2D eigenvalue weighted by molar-refractivity contribution is 0.702. The van der Waals surface area contributed by atoms with Crippen molar-refractivity contribution in [2.24, 2.45) is 10.7 Å². The lowest BCUT2D eigenvalue weighted by Gasteiger charge is -2.13. The van der Waals surface area contributed by atoms with Crippen molar-refractivity contribution in [3.63, 3.8) is 0 Å². The smallest absolute Gasteiger partial charge is 0.189 e. The molecule has 1 aliphatic heterocycles. The van der Waals surface area contributed by atoms with Crippen molar-refractivity contribution in [3.05, 3.63) is 35.4 Å². The second-order valence-electron chi connectivity index (χ2n) is 3.28. The van der Waals surface area contributed by atoms with Crippen LogP contribution in [0.4, 0.5) is 0 Å². The number of aryl methyl sites for hydroxylation is 1. The van der Waals surface area contributed by atoms with E-state index in [1.807, 2.05) is 12.1 Å². The fourth-order valence-corrected chi connectivity index (χ4v) is 1.61. The van der Waals surface area contributed by atoms with E-state index in [0.717, 1.165) is 6.54 Å². The van der Waals surface area contributed by atoms with Gasteiger partial charge in [0.05, 0.1) is 12.6 Å². The molecule has 0 spiro atoms. The van der Waals surface area contributed by atoms with Gasteiger partial charge in [-0.05, 0) is 18.1 Å². The third kappa shape index (κ3) is 1.49. The lowest BCUT2D eigenvalue weighted by Crippen LogP contribution is -2.29. The summed E-state index contributed by atoms with van der Waals surface area (Å²) in [6.07, 6.45) is 0. The van der Waals surface area contributed by atoms with Gasteiger partial charge in [-0.15, -0.1) is 0 Å². The van der Waals surface area contributed by atoms with E-state index in [2.05, 4.69) is 29.4 Å².